The van der Waals surface area contributed by atoms with Gasteiger partial charge in [0, 0.05) is 18.0 Å². The summed E-state index contributed by atoms with van der Waals surface area (Å²) in [5, 5.41) is 3.01. The summed E-state index contributed by atoms with van der Waals surface area (Å²) in [7, 11) is 0. The molecule has 0 unspecified atom stereocenters. The lowest BCUT2D eigenvalue weighted by molar-refractivity contribution is -0.274. The van der Waals surface area contributed by atoms with Gasteiger partial charge in [-0.25, -0.2) is 4.98 Å². The Hall–Kier alpha value is -3.46. The first-order valence-electron chi connectivity index (χ1n) is 9.23. The molecule has 0 bridgehead atoms. The molecule has 0 aliphatic heterocycles. The summed E-state index contributed by atoms with van der Waals surface area (Å²) < 4.78 is 41.5. The Bertz CT molecular complexity index is 1240. The molecule has 0 atom stereocenters. The van der Waals surface area contributed by atoms with Crippen LogP contribution in [0.25, 0.3) is 21.3 Å². The zero-order valence-corrected chi connectivity index (χ0v) is 17.1. The van der Waals surface area contributed by atoms with Crippen LogP contribution < -0.4 is 10.1 Å². The summed E-state index contributed by atoms with van der Waals surface area (Å²) in [5.74, 6) is -0.593. The Morgan fingerprint density at radius 3 is 2.55 bits per heavy atom. The van der Waals surface area contributed by atoms with Crippen molar-refractivity contribution in [3.8, 4) is 16.9 Å². The molecule has 9 heteroatoms. The Morgan fingerprint density at radius 1 is 1.06 bits per heavy atom. The van der Waals surface area contributed by atoms with Crippen molar-refractivity contribution in [2.24, 2.45) is 0 Å². The molecule has 0 spiro atoms. The summed E-state index contributed by atoms with van der Waals surface area (Å²) in [6.07, 6.45) is -2.86. The molecule has 0 fully saturated rings. The van der Waals surface area contributed by atoms with Crippen LogP contribution in [0.5, 0.6) is 5.75 Å². The Balaban J connectivity index is 1.42. The quantitative estimate of drug-likeness (QED) is 0.427. The van der Waals surface area contributed by atoms with Crippen molar-refractivity contribution in [2.45, 2.75) is 19.7 Å². The van der Waals surface area contributed by atoms with E-state index in [2.05, 4.69) is 20.0 Å². The number of pyridine rings is 1. The minimum atomic E-state index is -4.76. The molecule has 0 radical (unpaired) electrons. The fourth-order valence-corrected chi connectivity index (χ4v) is 3.96. The van der Waals surface area contributed by atoms with Gasteiger partial charge in [0.1, 0.15) is 5.75 Å². The molecule has 31 heavy (non-hydrogen) atoms. The summed E-state index contributed by atoms with van der Waals surface area (Å²) in [5.41, 5.74) is 4.30. The number of nitrogens with zero attached hydrogens (tertiary/aromatic N) is 2. The number of carbonyl (C=O) groups is 1. The molecule has 0 saturated heterocycles. The molecule has 1 N–H and O–H groups in total. The van der Waals surface area contributed by atoms with Gasteiger partial charge in [-0.2, -0.15) is 0 Å². The molecule has 5 nitrogen and oxygen atoms in total. The number of rotatable bonds is 5. The van der Waals surface area contributed by atoms with Crippen molar-refractivity contribution >= 4 is 32.6 Å². The highest BCUT2D eigenvalue weighted by molar-refractivity contribution is 7.22. The van der Waals surface area contributed by atoms with Gasteiger partial charge in [-0.3, -0.25) is 9.78 Å². The highest BCUT2D eigenvalue weighted by Crippen LogP contribution is 2.31. The van der Waals surface area contributed by atoms with Crippen LogP contribution in [-0.2, 0) is 11.2 Å². The summed E-state index contributed by atoms with van der Waals surface area (Å²) in [6.45, 7) is 1.92. The van der Waals surface area contributed by atoms with Gasteiger partial charge in [0.25, 0.3) is 0 Å². The average molecular weight is 443 g/mol. The highest BCUT2D eigenvalue weighted by atomic mass is 32.1. The Kier molecular flexibility index (Phi) is 5.60. The van der Waals surface area contributed by atoms with Gasteiger partial charge in [-0.1, -0.05) is 35.6 Å². The summed E-state index contributed by atoms with van der Waals surface area (Å²) >= 11 is 1.08. The van der Waals surface area contributed by atoms with E-state index < -0.39 is 6.36 Å². The maximum Gasteiger partial charge on any atom is 0.573 e. The number of halogens is 3. The minimum Gasteiger partial charge on any atom is -0.406 e. The maximum atomic E-state index is 12.4. The first-order chi connectivity index (χ1) is 14.7. The van der Waals surface area contributed by atoms with E-state index in [1.165, 1.54) is 18.2 Å². The first-order valence-corrected chi connectivity index (χ1v) is 10.0. The van der Waals surface area contributed by atoms with Crippen molar-refractivity contribution in [1.82, 2.24) is 9.97 Å². The van der Waals surface area contributed by atoms with Crippen LogP contribution in [0.1, 0.15) is 11.3 Å². The van der Waals surface area contributed by atoms with E-state index in [4.69, 9.17) is 0 Å². The Labute approximate surface area is 179 Å². The van der Waals surface area contributed by atoms with Gasteiger partial charge in [-0.05, 0) is 47.9 Å². The predicted molar refractivity (Wildman–Crippen MR) is 113 cm³/mol. The standard InChI is InChI=1S/C22H16F3N3O2S/c1-13-10-16(8-9-26-13)15-4-2-14(3-5-15)11-20(29)28-21-27-18-7-6-17(12-19(18)31-21)30-22(23,24)25/h2-10,12H,11H2,1H3,(H,27,28,29). The zero-order chi connectivity index (χ0) is 22.0. The first kappa shape index (κ1) is 20.8. The second-order valence-electron chi connectivity index (χ2n) is 6.80. The highest BCUT2D eigenvalue weighted by Gasteiger charge is 2.31. The van der Waals surface area contributed by atoms with E-state index in [1.54, 1.807) is 6.20 Å². The van der Waals surface area contributed by atoms with Gasteiger partial charge < -0.3 is 10.1 Å². The number of aromatic nitrogens is 2. The fourth-order valence-electron chi connectivity index (χ4n) is 3.04. The SMILES string of the molecule is Cc1cc(-c2ccc(CC(=O)Nc3nc4ccc(OC(F)(F)F)cc4s3)cc2)ccn1. The van der Waals surface area contributed by atoms with Crippen LogP contribution in [0.4, 0.5) is 18.3 Å². The second-order valence-corrected chi connectivity index (χ2v) is 7.83. The third kappa shape index (κ3) is 5.37. The molecular formula is C22H16F3N3O2S. The lowest BCUT2D eigenvalue weighted by atomic mass is 10.0. The van der Waals surface area contributed by atoms with Gasteiger partial charge in [0.05, 0.1) is 16.6 Å². The summed E-state index contributed by atoms with van der Waals surface area (Å²) in [4.78, 5) is 20.8. The second kappa shape index (κ2) is 8.35. The van der Waals surface area contributed by atoms with Crippen LogP contribution in [0.3, 0.4) is 0 Å². The monoisotopic (exact) mass is 443 g/mol. The number of aryl methyl sites for hydroxylation is 1. The largest absolute Gasteiger partial charge is 0.573 e. The third-order valence-electron chi connectivity index (χ3n) is 4.39. The van der Waals surface area contributed by atoms with Crippen LogP contribution in [-0.4, -0.2) is 22.2 Å². The topological polar surface area (TPSA) is 64.1 Å². The Morgan fingerprint density at radius 2 is 1.84 bits per heavy atom. The fraction of sp³-hybridized carbons (Fsp3) is 0.136. The average Bonchev–Trinajstić information content (AvgIpc) is 3.08. The molecule has 4 rings (SSSR count). The van der Waals surface area contributed by atoms with E-state index in [9.17, 15) is 18.0 Å². The smallest absolute Gasteiger partial charge is 0.406 e. The minimum absolute atomic E-state index is 0.147. The van der Waals surface area contributed by atoms with Crippen molar-refractivity contribution in [3.63, 3.8) is 0 Å². The van der Waals surface area contributed by atoms with E-state index in [0.717, 1.165) is 33.7 Å². The predicted octanol–water partition coefficient (Wildman–Crippen LogP) is 5.75. The van der Waals surface area contributed by atoms with Crippen LogP contribution in [0.2, 0.25) is 0 Å². The van der Waals surface area contributed by atoms with Crippen molar-refractivity contribution in [3.05, 3.63) is 72.1 Å². The number of hydrogen-bond acceptors (Lipinski definition) is 5. The number of carbonyl (C=O) groups excluding carboxylic acids is 1. The molecule has 0 saturated carbocycles. The van der Waals surface area contributed by atoms with Gasteiger partial charge in [0.2, 0.25) is 5.91 Å². The molecule has 2 aromatic carbocycles. The lowest BCUT2D eigenvalue weighted by Gasteiger charge is -2.07. The molecule has 0 aliphatic carbocycles. The van der Waals surface area contributed by atoms with Crippen molar-refractivity contribution in [2.75, 3.05) is 5.32 Å². The molecule has 2 heterocycles. The normalized spacial score (nSPS) is 11.5. The van der Waals surface area contributed by atoms with Gasteiger partial charge in [-0.15, -0.1) is 13.2 Å². The maximum absolute atomic E-state index is 12.4. The van der Waals surface area contributed by atoms with E-state index in [0.29, 0.717) is 15.3 Å². The number of hydrogen-bond donors (Lipinski definition) is 1. The number of nitrogens with one attached hydrogen (secondary N) is 1. The van der Waals surface area contributed by atoms with Crippen molar-refractivity contribution < 1.29 is 22.7 Å². The third-order valence-corrected chi connectivity index (χ3v) is 5.32. The van der Waals surface area contributed by atoms with Gasteiger partial charge in [0.15, 0.2) is 5.13 Å². The molecule has 4 aromatic rings. The van der Waals surface area contributed by atoms with E-state index in [1.807, 2.05) is 43.3 Å². The number of benzene rings is 2. The van der Waals surface area contributed by atoms with Crippen molar-refractivity contribution in [1.29, 1.82) is 0 Å². The lowest BCUT2D eigenvalue weighted by Crippen LogP contribution is -2.16. The van der Waals surface area contributed by atoms with Crippen LogP contribution in [0.15, 0.2) is 60.8 Å². The number of thiazole rings is 1. The molecular weight excluding hydrogens is 427 g/mol. The number of alkyl halides is 3. The number of ether oxygens (including phenoxy) is 1. The number of amides is 1. The molecule has 1 amide bonds. The van der Waals surface area contributed by atoms with E-state index >= 15 is 0 Å². The molecule has 158 valence electrons. The molecule has 0 aliphatic rings. The molecule has 2 aromatic heterocycles. The zero-order valence-electron chi connectivity index (χ0n) is 16.2. The number of fused-ring (bicyclic) bond motifs is 1. The van der Waals surface area contributed by atoms with E-state index in [-0.39, 0.29) is 18.1 Å². The van der Waals surface area contributed by atoms with Gasteiger partial charge >= 0.3 is 6.36 Å². The van der Waals surface area contributed by atoms with Crippen LogP contribution >= 0.6 is 11.3 Å². The summed E-state index contributed by atoms with van der Waals surface area (Å²) in [6, 6.07) is 15.4. The number of anilines is 1. The van der Waals surface area contributed by atoms with Crippen LogP contribution in [0, 0.1) is 6.92 Å².